The lowest BCUT2D eigenvalue weighted by Crippen LogP contribution is -2.36. The smallest absolute Gasteiger partial charge is 0.260 e. The van der Waals surface area contributed by atoms with Gasteiger partial charge in [-0.2, -0.15) is 0 Å². The Hall–Kier alpha value is -1.55. The van der Waals surface area contributed by atoms with Crippen LogP contribution >= 0.6 is 11.6 Å². The molecule has 0 aliphatic carbocycles. The minimum absolute atomic E-state index is 0.0659. The Bertz CT molecular complexity index is 488. The van der Waals surface area contributed by atoms with E-state index in [9.17, 15) is 9.59 Å². The average molecular weight is 298 g/mol. The van der Waals surface area contributed by atoms with Gasteiger partial charge in [-0.1, -0.05) is 24.9 Å². The van der Waals surface area contributed by atoms with Crippen LogP contribution in [0.4, 0.5) is 0 Å². The zero-order valence-corrected chi connectivity index (χ0v) is 12.8. The molecule has 0 aliphatic rings. The molecular formula is C15H20ClNO3. The van der Waals surface area contributed by atoms with E-state index in [4.69, 9.17) is 16.3 Å². The molecule has 0 aromatic heterocycles. The van der Waals surface area contributed by atoms with Crippen molar-refractivity contribution in [2.45, 2.75) is 39.7 Å². The molecule has 1 rings (SSSR count). The van der Waals surface area contributed by atoms with Gasteiger partial charge in [0.05, 0.1) is 5.02 Å². The fourth-order valence-electron chi connectivity index (χ4n) is 1.59. The van der Waals surface area contributed by atoms with E-state index in [1.807, 2.05) is 0 Å². The molecule has 0 fully saturated rings. The lowest BCUT2D eigenvalue weighted by Gasteiger charge is -2.15. The summed E-state index contributed by atoms with van der Waals surface area (Å²) in [6.07, 6.45) is 1.33. The van der Waals surface area contributed by atoms with Crippen LogP contribution in [0.25, 0.3) is 0 Å². The van der Waals surface area contributed by atoms with Crippen molar-refractivity contribution in [3.8, 4) is 5.75 Å². The molecule has 0 saturated carbocycles. The first kappa shape index (κ1) is 16.5. The first-order valence-corrected chi connectivity index (χ1v) is 7.08. The molecule has 0 radical (unpaired) electrons. The number of amides is 1. The third-order valence-corrected chi connectivity index (χ3v) is 3.14. The second kappa shape index (κ2) is 7.90. The minimum atomic E-state index is -0.632. The number of unbranched alkanes of at least 4 members (excludes halogenated alkanes) is 1. The summed E-state index contributed by atoms with van der Waals surface area (Å²) < 4.78 is 5.52. The summed E-state index contributed by atoms with van der Waals surface area (Å²) in [7, 11) is 0. The van der Waals surface area contributed by atoms with Gasteiger partial charge in [-0.15, -0.1) is 0 Å². The van der Waals surface area contributed by atoms with E-state index in [1.54, 1.807) is 25.1 Å². The van der Waals surface area contributed by atoms with E-state index >= 15 is 0 Å². The third kappa shape index (κ3) is 4.85. The van der Waals surface area contributed by atoms with Crippen LogP contribution in [0.2, 0.25) is 5.02 Å². The zero-order valence-electron chi connectivity index (χ0n) is 12.0. The van der Waals surface area contributed by atoms with Gasteiger partial charge < -0.3 is 10.1 Å². The van der Waals surface area contributed by atoms with Gasteiger partial charge in [-0.05, 0) is 38.5 Å². The largest absolute Gasteiger partial charge is 0.479 e. The van der Waals surface area contributed by atoms with Gasteiger partial charge in [-0.3, -0.25) is 9.59 Å². The highest BCUT2D eigenvalue weighted by molar-refractivity contribution is 6.32. The van der Waals surface area contributed by atoms with Crippen molar-refractivity contribution in [2.24, 2.45) is 0 Å². The number of Topliss-reactive ketones (excluding diaryl/α,β-unsaturated/α-hetero) is 1. The highest BCUT2D eigenvalue weighted by atomic mass is 35.5. The van der Waals surface area contributed by atoms with Crippen molar-refractivity contribution in [1.82, 2.24) is 5.32 Å². The number of nitrogens with one attached hydrogen (secondary N) is 1. The summed E-state index contributed by atoms with van der Waals surface area (Å²) in [5.74, 6) is 0.156. The fourth-order valence-corrected chi connectivity index (χ4v) is 1.82. The summed E-state index contributed by atoms with van der Waals surface area (Å²) in [6, 6.07) is 4.78. The van der Waals surface area contributed by atoms with Crippen molar-refractivity contribution in [3.05, 3.63) is 28.8 Å². The number of carbonyl (C=O) groups excluding carboxylic acids is 2. The molecule has 0 heterocycles. The third-order valence-electron chi connectivity index (χ3n) is 2.84. The van der Waals surface area contributed by atoms with Crippen LogP contribution in [0.3, 0.4) is 0 Å². The summed E-state index contributed by atoms with van der Waals surface area (Å²) in [4.78, 5) is 23.0. The van der Waals surface area contributed by atoms with Crippen molar-refractivity contribution in [1.29, 1.82) is 0 Å². The maximum absolute atomic E-state index is 11.8. The van der Waals surface area contributed by atoms with Crippen LogP contribution < -0.4 is 10.1 Å². The SMILES string of the molecule is CCCCNC(=O)C(C)Oc1ccc(C(C)=O)cc1Cl. The van der Waals surface area contributed by atoms with E-state index in [2.05, 4.69) is 12.2 Å². The maximum atomic E-state index is 11.8. The van der Waals surface area contributed by atoms with Gasteiger partial charge in [0.2, 0.25) is 0 Å². The Balaban J connectivity index is 2.63. The molecule has 1 aromatic carbocycles. The lowest BCUT2D eigenvalue weighted by molar-refractivity contribution is -0.127. The first-order valence-electron chi connectivity index (χ1n) is 6.70. The predicted molar refractivity (Wildman–Crippen MR) is 79.5 cm³/mol. The quantitative estimate of drug-likeness (QED) is 0.621. The van der Waals surface area contributed by atoms with Gasteiger partial charge in [0.25, 0.3) is 5.91 Å². The summed E-state index contributed by atoms with van der Waals surface area (Å²) in [6.45, 7) is 5.83. The number of ketones is 1. The molecule has 1 aromatic rings. The number of ether oxygens (including phenoxy) is 1. The van der Waals surface area contributed by atoms with Crippen molar-refractivity contribution in [3.63, 3.8) is 0 Å². The van der Waals surface area contributed by atoms with Crippen LogP contribution in [-0.2, 0) is 4.79 Å². The summed E-state index contributed by atoms with van der Waals surface area (Å²) >= 11 is 6.04. The second-order valence-corrected chi connectivity index (χ2v) is 5.01. The van der Waals surface area contributed by atoms with Gasteiger partial charge >= 0.3 is 0 Å². The number of hydrogen-bond donors (Lipinski definition) is 1. The highest BCUT2D eigenvalue weighted by Crippen LogP contribution is 2.26. The first-order chi connectivity index (χ1) is 9.45. The predicted octanol–water partition coefficient (Wildman–Crippen LogP) is 3.23. The van der Waals surface area contributed by atoms with Crippen molar-refractivity contribution < 1.29 is 14.3 Å². The standard InChI is InChI=1S/C15H20ClNO3/c1-4-5-8-17-15(19)11(3)20-14-7-6-12(10(2)18)9-13(14)16/h6-7,9,11H,4-5,8H2,1-3H3,(H,17,19). The monoisotopic (exact) mass is 297 g/mol. The van der Waals surface area contributed by atoms with E-state index in [1.165, 1.54) is 6.92 Å². The summed E-state index contributed by atoms with van der Waals surface area (Å²) in [5, 5.41) is 3.12. The molecule has 0 spiro atoms. The van der Waals surface area contributed by atoms with E-state index in [-0.39, 0.29) is 11.7 Å². The molecule has 1 N–H and O–H groups in total. The van der Waals surface area contributed by atoms with Crippen molar-refractivity contribution >= 4 is 23.3 Å². The molecule has 0 saturated heterocycles. The summed E-state index contributed by atoms with van der Waals surface area (Å²) in [5.41, 5.74) is 0.516. The molecule has 1 amide bonds. The lowest BCUT2D eigenvalue weighted by atomic mass is 10.1. The number of rotatable bonds is 7. The molecule has 1 atom stereocenters. The molecular weight excluding hydrogens is 278 g/mol. The van der Waals surface area contributed by atoms with E-state index in [0.29, 0.717) is 22.9 Å². The van der Waals surface area contributed by atoms with Crippen LogP contribution in [0.15, 0.2) is 18.2 Å². The van der Waals surface area contributed by atoms with Crippen LogP contribution in [0.1, 0.15) is 44.0 Å². The van der Waals surface area contributed by atoms with E-state index < -0.39 is 6.10 Å². The topological polar surface area (TPSA) is 55.4 Å². The second-order valence-electron chi connectivity index (χ2n) is 4.61. The van der Waals surface area contributed by atoms with Gasteiger partial charge in [0.15, 0.2) is 11.9 Å². The van der Waals surface area contributed by atoms with Crippen molar-refractivity contribution in [2.75, 3.05) is 6.54 Å². The molecule has 1 unspecified atom stereocenters. The van der Waals surface area contributed by atoms with E-state index in [0.717, 1.165) is 12.8 Å². The average Bonchev–Trinajstić information content (AvgIpc) is 2.40. The number of halogens is 1. The molecule has 0 aliphatic heterocycles. The minimum Gasteiger partial charge on any atom is -0.479 e. The highest BCUT2D eigenvalue weighted by Gasteiger charge is 2.16. The van der Waals surface area contributed by atoms with Gasteiger partial charge in [0.1, 0.15) is 5.75 Å². The normalized spacial score (nSPS) is 11.8. The van der Waals surface area contributed by atoms with Crippen LogP contribution in [-0.4, -0.2) is 24.3 Å². The number of hydrogen-bond acceptors (Lipinski definition) is 3. The zero-order chi connectivity index (χ0) is 15.1. The van der Waals surface area contributed by atoms with Gasteiger partial charge in [0, 0.05) is 12.1 Å². The Morgan fingerprint density at radius 3 is 2.65 bits per heavy atom. The van der Waals surface area contributed by atoms with Gasteiger partial charge in [-0.25, -0.2) is 0 Å². The Morgan fingerprint density at radius 2 is 2.10 bits per heavy atom. The Kier molecular flexibility index (Phi) is 6.52. The molecule has 5 heteroatoms. The van der Waals surface area contributed by atoms with Crippen LogP contribution in [0, 0.1) is 0 Å². The Labute approximate surface area is 124 Å². The Morgan fingerprint density at radius 1 is 1.40 bits per heavy atom. The van der Waals surface area contributed by atoms with Crippen LogP contribution in [0.5, 0.6) is 5.75 Å². The number of carbonyl (C=O) groups is 2. The molecule has 4 nitrogen and oxygen atoms in total. The molecule has 0 bridgehead atoms. The molecule has 110 valence electrons. The maximum Gasteiger partial charge on any atom is 0.260 e. The molecule has 20 heavy (non-hydrogen) atoms. The number of benzene rings is 1. The fraction of sp³-hybridized carbons (Fsp3) is 0.467.